The van der Waals surface area contributed by atoms with Crippen LogP contribution in [0.25, 0.3) is 66.5 Å². The zero-order valence-corrected chi connectivity index (χ0v) is 46.0. The summed E-state index contributed by atoms with van der Waals surface area (Å²) in [6.07, 6.45) is 14.6. The van der Waals surface area contributed by atoms with Gasteiger partial charge in [0.05, 0.1) is 68.5 Å². The van der Waals surface area contributed by atoms with Gasteiger partial charge in [-0.25, -0.2) is 29.9 Å². The Labute approximate surface area is 474 Å². The van der Waals surface area contributed by atoms with Gasteiger partial charge < -0.3 is 56.0 Å². The zero-order valence-electron chi connectivity index (χ0n) is 43.7. The number of aromatic nitrogens is 9. The van der Waals surface area contributed by atoms with Crippen LogP contribution in [0.4, 0.5) is 17.8 Å². The lowest BCUT2D eigenvalue weighted by atomic mass is 9.86. The highest BCUT2D eigenvalue weighted by molar-refractivity contribution is 6.34. The first-order valence-electron chi connectivity index (χ1n) is 26.3. The summed E-state index contributed by atoms with van der Waals surface area (Å²) in [5.41, 5.74) is 7.72. The number of carboxylic acid groups (broad SMARTS) is 3. The second-order valence-corrected chi connectivity index (χ2v) is 21.8. The molecule has 6 atom stereocenters. The van der Waals surface area contributed by atoms with Gasteiger partial charge in [0.1, 0.15) is 0 Å². The van der Waals surface area contributed by atoms with Crippen LogP contribution < -0.4 is 16.0 Å². The average Bonchev–Trinajstić information content (AvgIpc) is 4.21. The number of carboxylic acids is 3. The number of halogens is 3. The molecular weight excluding hydrogens is 1080 g/mol. The topological polar surface area (TPSA) is 279 Å². The number of carbonyl (C=O) groups is 3. The molecule has 4 unspecified atom stereocenters. The SMILES string of the molecule is CN1CC(Nc2ncc(Cl)c(-c3c[nH]c4ccccc34)n2)C[C@@H](C(=O)O)C1.CN1CC(Nc2ncc(Cl)c(-c3c[nH]c4ccccc34)n2)C[C@@H](C(=O)O)C1.O=C(O)C1CCCC(Nc2ncc(Cl)c(-c3c[nH]c4ccccc34)n2)C1. The number of fused-ring (bicyclic) bond motifs is 3. The van der Waals surface area contributed by atoms with Crippen LogP contribution in [0.5, 0.6) is 0 Å². The number of hydrogen-bond acceptors (Lipinski definition) is 14. The van der Waals surface area contributed by atoms with Gasteiger partial charge in [-0.1, -0.05) is 95.8 Å². The summed E-state index contributed by atoms with van der Waals surface area (Å²) < 4.78 is 0. The molecule has 0 radical (unpaired) electrons. The van der Waals surface area contributed by atoms with Crippen molar-refractivity contribution in [3.8, 4) is 33.8 Å². The normalized spacial score (nSPS) is 20.5. The number of likely N-dealkylation sites (N-methyl/N-ethyl adjacent to an activating group) is 2. The molecule has 0 amide bonds. The summed E-state index contributed by atoms with van der Waals surface area (Å²) in [7, 11) is 3.84. The third-order valence-electron chi connectivity index (χ3n) is 14.8. The Kier molecular flexibility index (Phi) is 17.1. The molecule has 8 heterocycles. The van der Waals surface area contributed by atoms with Crippen molar-refractivity contribution in [1.82, 2.24) is 54.7 Å². The van der Waals surface area contributed by atoms with Crippen LogP contribution in [0.2, 0.25) is 15.1 Å². The Bertz CT molecular complexity index is 3530. The molecule has 6 aromatic heterocycles. The second-order valence-electron chi connectivity index (χ2n) is 20.6. The lowest BCUT2D eigenvalue weighted by Gasteiger charge is -2.34. The number of piperidine rings is 2. The summed E-state index contributed by atoms with van der Waals surface area (Å²) in [6.45, 7) is 2.57. The molecule has 1 aliphatic carbocycles. The van der Waals surface area contributed by atoms with Gasteiger partial charge in [0, 0.05) is 112 Å². The molecule has 0 bridgehead atoms. The third-order valence-corrected chi connectivity index (χ3v) is 15.6. The fourth-order valence-electron chi connectivity index (χ4n) is 11.0. The molecular formula is C57H59Cl3N14O6. The van der Waals surface area contributed by atoms with Crippen LogP contribution in [0.1, 0.15) is 38.5 Å². The van der Waals surface area contributed by atoms with Gasteiger partial charge in [-0.2, -0.15) is 0 Å². The molecule has 2 aliphatic heterocycles. The van der Waals surface area contributed by atoms with Crippen molar-refractivity contribution in [2.45, 2.75) is 56.7 Å². The van der Waals surface area contributed by atoms with E-state index in [0.29, 0.717) is 82.3 Å². The van der Waals surface area contributed by atoms with E-state index in [9.17, 15) is 29.7 Å². The van der Waals surface area contributed by atoms with Crippen molar-refractivity contribution in [1.29, 1.82) is 0 Å². The molecule has 0 spiro atoms. The van der Waals surface area contributed by atoms with Crippen LogP contribution >= 0.6 is 34.8 Å². The van der Waals surface area contributed by atoms with Crippen LogP contribution in [0.3, 0.4) is 0 Å². The molecule has 3 fully saturated rings. The van der Waals surface area contributed by atoms with Gasteiger partial charge in [0.15, 0.2) is 0 Å². The molecule has 9 aromatic rings. The van der Waals surface area contributed by atoms with Gasteiger partial charge in [-0.15, -0.1) is 0 Å². The van der Waals surface area contributed by atoms with Crippen LogP contribution in [0, 0.1) is 17.8 Å². The first-order chi connectivity index (χ1) is 38.6. The molecule has 3 aromatic carbocycles. The smallest absolute Gasteiger partial charge is 0.307 e. The van der Waals surface area contributed by atoms with Gasteiger partial charge >= 0.3 is 17.9 Å². The zero-order chi connectivity index (χ0) is 56.0. The Morgan fingerprint density at radius 1 is 0.487 bits per heavy atom. The van der Waals surface area contributed by atoms with Crippen molar-refractivity contribution in [3.63, 3.8) is 0 Å². The lowest BCUT2D eigenvalue weighted by molar-refractivity contribution is -0.144. The van der Waals surface area contributed by atoms with E-state index in [1.807, 2.05) is 115 Å². The van der Waals surface area contributed by atoms with E-state index in [-0.39, 0.29) is 24.0 Å². The number of aromatic amines is 3. The first-order valence-corrected chi connectivity index (χ1v) is 27.4. The largest absolute Gasteiger partial charge is 0.481 e. The summed E-state index contributed by atoms with van der Waals surface area (Å²) >= 11 is 19.1. The molecule has 80 heavy (non-hydrogen) atoms. The monoisotopic (exact) mass is 1140 g/mol. The summed E-state index contributed by atoms with van der Waals surface area (Å²) in [4.78, 5) is 74.4. The van der Waals surface area contributed by atoms with Crippen LogP contribution in [-0.2, 0) is 14.4 Å². The van der Waals surface area contributed by atoms with E-state index in [1.54, 1.807) is 18.6 Å². The maximum atomic E-state index is 11.4. The number of anilines is 3. The molecule has 20 nitrogen and oxygen atoms in total. The van der Waals surface area contributed by atoms with Crippen molar-refractivity contribution in [2.75, 3.05) is 56.2 Å². The van der Waals surface area contributed by atoms with Crippen LogP contribution in [-0.4, -0.2) is 146 Å². The highest BCUT2D eigenvalue weighted by Crippen LogP contribution is 2.36. The van der Waals surface area contributed by atoms with Gasteiger partial charge in [-0.05, 0) is 64.4 Å². The molecule has 414 valence electrons. The van der Waals surface area contributed by atoms with E-state index in [1.165, 1.54) is 0 Å². The Hall–Kier alpha value is -7.88. The van der Waals surface area contributed by atoms with E-state index < -0.39 is 29.7 Å². The fraction of sp³-hybridized carbons (Fsp3) is 0.316. The van der Waals surface area contributed by atoms with E-state index in [4.69, 9.17) is 34.8 Å². The number of rotatable bonds is 12. The fourth-order valence-corrected chi connectivity index (χ4v) is 11.6. The number of likely N-dealkylation sites (tertiary alicyclic amines) is 2. The maximum absolute atomic E-state index is 11.4. The minimum absolute atomic E-state index is 0.0400. The van der Waals surface area contributed by atoms with E-state index in [2.05, 4.69) is 60.8 Å². The Balaban J connectivity index is 0.000000135. The number of para-hydroxylation sites is 3. The molecule has 1 saturated carbocycles. The first kappa shape index (κ1) is 55.4. The number of nitrogens with one attached hydrogen (secondary N) is 6. The summed E-state index contributed by atoms with van der Waals surface area (Å²) in [5, 5.41) is 42.3. The minimum atomic E-state index is -0.773. The molecule has 3 aliphatic rings. The second kappa shape index (κ2) is 24.6. The Morgan fingerprint density at radius 3 is 1.19 bits per heavy atom. The predicted octanol–water partition coefficient (Wildman–Crippen LogP) is 10.5. The van der Waals surface area contributed by atoms with Crippen molar-refractivity contribution >= 4 is 103 Å². The molecule has 23 heteroatoms. The number of aliphatic carboxylic acids is 3. The third kappa shape index (κ3) is 12.9. The van der Waals surface area contributed by atoms with Crippen molar-refractivity contribution in [3.05, 3.63) is 125 Å². The standard InChI is InChI=1S/2C19H20ClN5O2.C19H19ClN4O2/c2*1-25-9-11(18(26)27)6-12(10-25)23-19-22-8-15(20)17(24-19)14-7-21-16-5-3-2-4-13(14)16;20-15-10-22-19(23-12-5-3-4-11(8-12)18(25)26)24-17(15)14-9-21-16-7-2-1-6-13(14)16/h2*2-5,7-8,11-12,21H,6,9-10H2,1H3,(H,26,27)(H,22,23,24);1-2,6-7,9-12,21H,3-5,8H2,(H,25,26)(H,22,23,24)/t2*11-,12?;/m11./s1. The quantitative estimate of drug-likeness (QED) is 0.0550. The summed E-state index contributed by atoms with van der Waals surface area (Å²) in [6, 6.07) is 23.8. The lowest BCUT2D eigenvalue weighted by Crippen LogP contribution is -2.46. The predicted molar refractivity (Wildman–Crippen MR) is 311 cm³/mol. The Morgan fingerprint density at radius 2 is 0.825 bits per heavy atom. The van der Waals surface area contributed by atoms with Crippen LogP contribution in [0.15, 0.2) is 110 Å². The van der Waals surface area contributed by atoms with E-state index in [0.717, 1.165) is 81.8 Å². The molecule has 2 saturated heterocycles. The average molecular weight is 1140 g/mol. The van der Waals surface area contributed by atoms with Crippen molar-refractivity contribution < 1.29 is 29.7 Å². The van der Waals surface area contributed by atoms with Gasteiger partial charge in [-0.3, -0.25) is 14.4 Å². The number of H-pyrrole nitrogens is 3. The number of benzene rings is 3. The van der Waals surface area contributed by atoms with Gasteiger partial charge in [0.25, 0.3) is 0 Å². The minimum Gasteiger partial charge on any atom is -0.481 e. The molecule has 9 N–H and O–H groups in total. The highest BCUT2D eigenvalue weighted by atomic mass is 35.5. The number of hydrogen-bond donors (Lipinski definition) is 9. The van der Waals surface area contributed by atoms with Gasteiger partial charge in [0.2, 0.25) is 17.8 Å². The summed E-state index contributed by atoms with van der Waals surface area (Å²) in [5.74, 6) is -2.01. The highest BCUT2D eigenvalue weighted by Gasteiger charge is 2.32. The number of nitrogens with zero attached hydrogens (tertiary/aromatic N) is 8. The maximum Gasteiger partial charge on any atom is 0.307 e. The molecule has 12 rings (SSSR count). The van der Waals surface area contributed by atoms with E-state index >= 15 is 0 Å². The van der Waals surface area contributed by atoms with Crippen molar-refractivity contribution in [2.24, 2.45) is 17.8 Å².